The molecule has 3 nitrogen and oxygen atoms in total. The van der Waals surface area contributed by atoms with E-state index in [1.807, 2.05) is 0 Å². The van der Waals surface area contributed by atoms with Crippen molar-refractivity contribution in [2.45, 2.75) is 38.1 Å². The van der Waals surface area contributed by atoms with Crippen molar-refractivity contribution in [1.29, 1.82) is 0 Å². The van der Waals surface area contributed by atoms with Crippen molar-refractivity contribution in [3.05, 3.63) is 0 Å². The summed E-state index contributed by atoms with van der Waals surface area (Å²) in [6.07, 6.45) is 6.43. The molecule has 78 valence electrons. The molecule has 0 aromatic heterocycles. The monoisotopic (exact) mass is 185 g/mol. The molecule has 0 amide bonds. The number of rotatable bonds is 6. The van der Waals surface area contributed by atoms with Crippen LogP contribution in [0.4, 0.5) is 0 Å². The van der Waals surface area contributed by atoms with Gasteiger partial charge in [-0.2, -0.15) is 0 Å². The van der Waals surface area contributed by atoms with E-state index in [1.54, 1.807) is 0 Å². The van der Waals surface area contributed by atoms with Crippen LogP contribution in [0.2, 0.25) is 0 Å². The summed E-state index contributed by atoms with van der Waals surface area (Å²) >= 11 is 0. The number of unbranched alkanes of at least 4 members (excludes halogenated alkanes) is 1. The fourth-order valence-corrected chi connectivity index (χ4v) is 1.77. The summed E-state index contributed by atoms with van der Waals surface area (Å²) in [5, 5.41) is 6.99. The summed E-state index contributed by atoms with van der Waals surface area (Å²) in [4.78, 5) is 0. The van der Waals surface area contributed by atoms with Gasteiger partial charge in [0, 0.05) is 12.6 Å². The molecule has 0 radical (unpaired) electrons. The van der Waals surface area contributed by atoms with Crippen molar-refractivity contribution in [2.75, 3.05) is 26.2 Å². The molecule has 1 saturated heterocycles. The second kappa shape index (κ2) is 7.30. The van der Waals surface area contributed by atoms with Gasteiger partial charge in [0.25, 0.3) is 0 Å². The number of nitrogens with one attached hydrogen (secondary N) is 2. The average molecular weight is 185 g/mol. The molecule has 0 spiro atoms. The lowest BCUT2D eigenvalue weighted by Gasteiger charge is -2.23. The third-order valence-electron chi connectivity index (χ3n) is 2.61. The smallest absolute Gasteiger partial charge is 0.0192 e. The molecule has 1 heterocycles. The van der Waals surface area contributed by atoms with Gasteiger partial charge in [0.2, 0.25) is 0 Å². The molecule has 0 aromatic rings. The average Bonchev–Trinajstić information content (AvgIpc) is 2.19. The number of nitrogens with two attached hydrogens (primary N) is 1. The number of hydrogen-bond acceptors (Lipinski definition) is 3. The Bertz CT molecular complexity index is 111. The Labute approximate surface area is 81.5 Å². The van der Waals surface area contributed by atoms with Crippen LogP contribution in [0, 0.1) is 0 Å². The number of piperidine rings is 1. The van der Waals surface area contributed by atoms with Crippen LogP contribution in [0.15, 0.2) is 0 Å². The summed E-state index contributed by atoms with van der Waals surface area (Å²) in [5.41, 5.74) is 5.41. The predicted octanol–water partition coefficient (Wildman–Crippen LogP) is 0.457. The first-order chi connectivity index (χ1) is 6.43. The fourth-order valence-electron chi connectivity index (χ4n) is 1.77. The summed E-state index contributed by atoms with van der Waals surface area (Å²) in [6.45, 7) is 4.28. The third kappa shape index (κ3) is 5.24. The zero-order valence-electron chi connectivity index (χ0n) is 8.52. The predicted molar refractivity (Wildman–Crippen MR) is 56.8 cm³/mol. The first kappa shape index (κ1) is 11.0. The Kier molecular flexibility index (Phi) is 6.15. The van der Waals surface area contributed by atoms with E-state index in [1.165, 1.54) is 32.2 Å². The van der Waals surface area contributed by atoms with Crippen molar-refractivity contribution >= 4 is 0 Å². The topological polar surface area (TPSA) is 50.1 Å². The molecule has 0 saturated carbocycles. The minimum Gasteiger partial charge on any atom is -0.330 e. The van der Waals surface area contributed by atoms with Crippen LogP contribution in [0.3, 0.4) is 0 Å². The molecule has 1 fully saturated rings. The Morgan fingerprint density at radius 1 is 1.31 bits per heavy atom. The number of hydrogen-bond donors (Lipinski definition) is 3. The summed E-state index contributed by atoms with van der Waals surface area (Å²) < 4.78 is 0. The summed E-state index contributed by atoms with van der Waals surface area (Å²) in [6, 6.07) is 0.714. The van der Waals surface area contributed by atoms with Crippen molar-refractivity contribution in [2.24, 2.45) is 5.73 Å². The van der Waals surface area contributed by atoms with Crippen molar-refractivity contribution in [3.63, 3.8) is 0 Å². The maximum absolute atomic E-state index is 5.41. The maximum Gasteiger partial charge on any atom is 0.0192 e. The summed E-state index contributed by atoms with van der Waals surface area (Å²) in [5.74, 6) is 0. The van der Waals surface area contributed by atoms with Gasteiger partial charge in [0.05, 0.1) is 0 Å². The Hall–Kier alpha value is -0.120. The van der Waals surface area contributed by atoms with E-state index in [4.69, 9.17) is 5.73 Å². The first-order valence-corrected chi connectivity index (χ1v) is 5.57. The fraction of sp³-hybridized carbons (Fsp3) is 1.00. The van der Waals surface area contributed by atoms with Crippen molar-refractivity contribution in [3.8, 4) is 0 Å². The van der Waals surface area contributed by atoms with Gasteiger partial charge in [-0.1, -0.05) is 6.42 Å². The molecule has 3 heteroatoms. The molecule has 1 aliphatic heterocycles. The van der Waals surface area contributed by atoms with E-state index in [0.717, 1.165) is 26.1 Å². The standard InChI is InChI=1S/C10H23N3/c11-6-2-4-7-12-9-10-5-1-3-8-13-10/h10,12-13H,1-9,11H2/t10-/m1/s1. The largest absolute Gasteiger partial charge is 0.330 e. The van der Waals surface area contributed by atoms with E-state index >= 15 is 0 Å². The molecular weight excluding hydrogens is 162 g/mol. The molecule has 13 heavy (non-hydrogen) atoms. The molecule has 1 rings (SSSR count). The third-order valence-corrected chi connectivity index (χ3v) is 2.61. The van der Waals surface area contributed by atoms with Gasteiger partial charge in [-0.25, -0.2) is 0 Å². The molecular formula is C10H23N3. The second-order valence-corrected chi connectivity index (χ2v) is 3.85. The SMILES string of the molecule is NCCCCNC[C@H]1CCCCN1. The Morgan fingerprint density at radius 2 is 2.23 bits per heavy atom. The summed E-state index contributed by atoms with van der Waals surface area (Å²) in [7, 11) is 0. The lowest BCUT2D eigenvalue weighted by molar-refractivity contribution is 0.382. The van der Waals surface area contributed by atoms with Crippen molar-refractivity contribution in [1.82, 2.24) is 10.6 Å². The highest BCUT2D eigenvalue weighted by Gasteiger charge is 2.10. The molecule has 4 N–H and O–H groups in total. The zero-order valence-corrected chi connectivity index (χ0v) is 8.52. The van der Waals surface area contributed by atoms with Crippen LogP contribution in [-0.2, 0) is 0 Å². The van der Waals surface area contributed by atoms with Crippen LogP contribution in [0.5, 0.6) is 0 Å². The van der Waals surface area contributed by atoms with Gasteiger partial charge in [0.1, 0.15) is 0 Å². The van der Waals surface area contributed by atoms with Gasteiger partial charge in [-0.3, -0.25) is 0 Å². The molecule has 1 atom stereocenters. The van der Waals surface area contributed by atoms with Crippen molar-refractivity contribution < 1.29 is 0 Å². The van der Waals surface area contributed by atoms with E-state index in [-0.39, 0.29) is 0 Å². The van der Waals surface area contributed by atoms with Crippen LogP contribution < -0.4 is 16.4 Å². The Morgan fingerprint density at radius 3 is 2.92 bits per heavy atom. The molecule has 0 bridgehead atoms. The van der Waals surface area contributed by atoms with Crippen LogP contribution in [0.25, 0.3) is 0 Å². The van der Waals surface area contributed by atoms with Gasteiger partial charge < -0.3 is 16.4 Å². The van der Waals surface area contributed by atoms with Crippen LogP contribution >= 0.6 is 0 Å². The molecule has 1 aliphatic rings. The van der Waals surface area contributed by atoms with Gasteiger partial charge in [-0.05, 0) is 45.3 Å². The zero-order chi connectivity index (χ0) is 9.36. The lowest BCUT2D eigenvalue weighted by Crippen LogP contribution is -2.41. The van der Waals surface area contributed by atoms with Gasteiger partial charge in [0.15, 0.2) is 0 Å². The highest BCUT2D eigenvalue weighted by Crippen LogP contribution is 2.05. The quantitative estimate of drug-likeness (QED) is 0.527. The van der Waals surface area contributed by atoms with Gasteiger partial charge >= 0.3 is 0 Å². The highest BCUT2D eigenvalue weighted by atomic mass is 15.0. The van der Waals surface area contributed by atoms with E-state index < -0.39 is 0 Å². The van der Waals surface area contributed by atoms with Gasteiger partial charge in [-0.15, -0.1) is 0 Å². The van der Waals surface area contributed by atoms with Crippen LogP contribution in [-0.4, -0.2) is 32.2 Å². The van der Waals surface area contributed by atoms with Crippen LogP contribution in [0.1, 0.15) is 32.1 Å². The van der Waals surface area contributed by atoms with E-state index in [9.17, 15) is 0 Å². The molecule has 0 unspecified atom stereocenters. The maximum atomic E-state index is 5.41. The lowest BCUT2D eigenvalue weighted by atomic mass is 10.1. The first-order valence-electron chi connectivity index (χ1n) is 5.57. The normalized spacial score (nSPS) is 23.3. The Balaban J connectivity index is 1.86. The molecule has 0 aliphatic carbocycles. The minimum atomic E-state index is 0.714. The van der Waals surface area contributed by atoms with E-state index in [0.29, 0.717) is 6.04 Å². The molecule has 0 aromatic carbocycles. The second-order valence-electron chi connectivity index (χ2n) is 3.85. The highest BCUT2D eigenvalue weighted by molar-refractivity contribution is 4.73. The van der Waals surface area contributed by atoms with E-state index in [2.05, 4.69) is 10.6 Å². The minimum absolute atomic E-state index is 0.714.